The molecule has 1 heterocycles. The number of nitrogens with zero attached hydrogens (tertiary/aromatic N) is 1. The predicted octanol–water partition coefficient (Wildman–Crippen LogP) is 0.992. The summed E-state index contributed by atoms with van der Waals surface area (Å²) in [7, 11) is 0. The van der Waals surface area contributed by atoms with E-state index >= 15 is 0 Å². The summed E-state index contributed by atoms with van der Waals surface area (Å²) < 4.78 is 11.7. The van der Waals surface area contributed by atoms with Crippen molar-refractivity contribution in [1.82, 2.24) is 4.90 Å². The standard InChI is InChI=1S/C13H26N2O2/c1-10(2)15-5-6-16-13(8-15)9-17-12-4-3-11(14)7-12/h10-13H,3-9,14H2,1-2H3. The van der Waals surface area contributed by atoms with Gasteiger partial charge in [0.05, 0.1) is 25.4 Å². The van der Waals surface area contributed by atoms with Gasteiger partial charge in [-0.25, -0.2) is 0 Å². The van der Waals surface area contributed by atoms with Gasteiger partial charge in [-0.05, 0) is 33.1 Å². The van der Waals surface area contributed by atoms with E-state index in [1.54, 1.807) is 0 Å². The molecule has 0 aromatic rings. The summed E-state index contributed by atoms with van der Waals surface area (Å²) in [6, 6.07) is 0.945. The normalized spacial score (nSPS) is 35.6. The topological polar surface area (TPSA) is 47.7 Å². The van der Waals surface area contributed by atoms with Crippen LogP contribution in [0, 0.1) is 0 Å². The number of morpholine rings is 1. The highest BCUT2D eigenvalue weighted by Gasteiger charge is 2.26. The van der Waals surface area contributed by atoms with Crippen LogP contribution in [0.5, 0.6) is 0 Å². The zero-order chi connectivity index (χ0) is 12.3. The Morgan fingerprint density at radius 3 is 2.88 bits per heavy atom. The Morgan fingerprint density at radius 1 is 1.41 bits per heavy atom. The molecule has 100 valence electrons. The van der Waals surface area contributed by atoms with E-state index in [0.29, 0.717) is 18.2 Å². The summed E-state index contributed by atoms with van der Waals surface area (Å²) in [5.41, 5.74) is 5.88. The van der Waals surface area contributed by atoms with E-state index < -0.39 is 0 Å². The summed E-state index contributed by atoms with van der Waals surface area (Å²) in [5.74, 6) is 0. The lowest BCUT2D eigenvalue weighted by Gasteiger charge is -2.35. The molecule has 4 heteroatoms. The molecule has 0 bridgehead atoms. The van der Waals surface area contributed by atoms with Crippen LogP contribution in [0.25, 0.3) is 0 Å². The van der Waals surface area contributed by atoms with E-state index in [1.807, 2.05) is 0 Å². The molecule has 17 heavy (non-hydrogen) atoms. The average Bonchev–Trinajstić information content (AvgIpc) is 2.73. The van der Waals surface area contributed by atoms with Gasteiger partial charge in [-0.2, -0.15) is 0 Å². The summed E-state index contributed by atoms with van der Waals surface area (Å²) in [6.45, 7) is 8.06. The summed E-state index contributed by atoms with van der Waals surface area (Å²) in [4.78, 5) is 2.46. The minimum atomic E-state index is 0.239. The van der Waals surface area contributed by atoms with Gasteiger partial charge in [-0.15, -0.1) is 0 Å². The van der Waals surface area contributed by atoms with Gasteiger partial charge < -0.3 is 15.2 Å². The molecule has 3 atom stereocenters. The van der Waals surface area contributed by atoms with Gasteiger partial charge in [0.1, 0.15) is 0 Å². The Bertz CT molecular complexity index is 235. The fourth-order valence-corrected chi connectivity index (χ4v) is 2.68. The minimum Gasteiger partial charge on any atom is -0.375 e. The second-order valence-electron chi connectivity index (χ2n) is 5.61. The molecule has 4 nitrogen and oxygen atoms in total. The molecule has 0 amide bonds. The lowest BCUT2D eigenvalue weighted by Crippen LogP contribution is -2.47. The second-order valence-corrected chi connectivity index (χ2v) is 5.61. The Morgan fingerprint density at radius 2 is 2.24 bits per heavy atom. The largest absolute Gasteiger partial charge is 0.375 e. The van der Waals surface area contributed by atoms with Crippen LogP contribution in [0.1, 0.15) is 33.1 Å². The van der Waals surface area contributed by atoms with E-state index in [9.17, 15) is 0 Å². The first kappa shape index (κ1) is 13.3. The van der Waals surface area contributed by atoms with E-state index in [0.717, 1.165) is 45.6 Å². The molecular formula is C13H26N2O2. The van der Waals surface area contributed by atoms with Crippen molar-refractivity contribution in [3.8, 4) is 0 Å². The third-order valence-corrected chi connectivity index (χ3v) is 3.84. The molecule has 2 rings (SSSR count). The zero-order valence-electron chi connectivity index (χ0n) is 11.1. The maximum Gasteiger partial charge on any atom is 0.0935 e. The van der Waals surface area contributed by atoms with Crippen molar-refractivity contribution < 1.29 is 9.47 Å². The van der Waals surface area contributed by atoms with Crippen molar-refractivity contribution in [2.24, 2.45) is 5.73 Å². The van der Waals surface area contributed by atoms with Crippen LogP contribution in [0.15, 0.2) is 0 Å². The number of rotatable bonds is 4. The number of nitrogens with two attached hydrogens (primary N) is 1. The first-order valence-electron chi connectivity index (χ1n) is 6.88. The Balaban J connectivity index is 1.68. The van der Waals surface area contributed by atoms with Gasteiger partial charge in [0.15, 0.2) is 0 Å². The van der Waals surface area contributed by atoms with Crippen molar-refractivity contribution in [3.63, 3.8) is 0 Å². The van der Waals surface area contributed by atoms with E-state index in [1.165, 1.54) is 0 Å². The molecule has 1 saturated carbocycles. The van der Waals surface area contributed by atoms with Crippen molar-refractivity contribution >= 4 is 0 Å². The van der Waals surface area contributed by atoms with Gasteiger partial charge >= 0.3 is 0 Å². The third-order valence-electron chi connectivity index (χ3n) is 3.84. The quantitative estimate of drug-likeness (QED) is 0.799. The molecule has 2 N–H and O–H groups in total. The zero-order valence-corrected chi connectivity index (χ0v) is 11.1. The molecule has 0 spiro atoms. The highest BCUT2D eigenvalue weighted by atomic mass is 16.5. The molecule has 1 saturated heterocycles. The Hall–Kier alpha value is -0.160. The summed E-state index contributed by atoms with van der Waals surface area (Å²) in [5, 5.41) is 0. The molecule has 0 aromatic heterocycles. The highest BCUT2D eigenvalue weighted by Crippen LogP contribution is 2.21. The number of hydrogen-bond acceptors (Lipinski definition) is 4. The summed E-state index contributed by atoms with van der Waals surface area (Å²) >= 11 is 0. The van der Waals surface area contributed by atoms with Crippen LogP contribution in [0.2, 0.25) is 0 Å². The van der Waals surface area contributed by atoms with Crippen LogP contribution < -0.4 is 5.73 Å². The predicted molar refractivity (Wildman–Crippen MR) is 68.0 cm³/mol. The molecule has 0 radical (unpaired) electrons. The van der Waals surface area contributed by atoms with Gasteiger partial charge in [0.2, 0.25) is 0 Å². The van der Waals surface area contributed by atoms with E-state index in [4.69, 9.17) is 15.2 Å². The van der Waals surface area contributed by atoms with Crippen molar-refractivity contribution in [2.75, 3.05) is 26.3 Å². The third kappa shape index (κ3) is 3.91. The number of ether oxygens (including phenoxy) is 2. The maximum absolute atomic E-state index is 5.91. The van der Waals surface area contributed by atoms with Crippen LogP contribution in [-0.4, -0.2) is 55.5 Å². The smallest absolute Gasteiger partial charge is 0.0935 e. The molecule has 3 unspecified atom stereocenters. The first-order chi connectivity index (χ1) is 8.15. The van der Waals surface area contributed by atoms with Gasteiger partial charge in [-0.3, -0.25) is 4.90 Å². The van der Waals surface area contributed by atoms with Crippen LogP contribution in [0.4, 0.5) is 0 Å². The fraction of sp³-hybridized carbons (Fsp3) is 1.00. The average molecular weight is 242 g/mol. The second kappa shape index (κ2) is 6.14. The molecule has 2 fully saturated rings. The number of hydrogen-bond donors (Lipinski definition) is 1. The highest BCUT2D eigenvalue weighted by molar-refractivity contribution is 4.79. The summed E-state index contributed by atoms with van der Waals surface area (Å²) in [6.07, 6.45) is 3.84. The van der Waals surface area contributed by atoms with Crippen LogP contribution in [0.3, 0.4) is 0 Å². The van der Waals surface area contributed by atoms with E-state index in [-0.39, 0.29) is 6.10 Å². The molecule has 2 aliphatic rings. The van der Waals surface area contributed by atoms with Gasteiger partial charge in [-0.1, -0.05) is 0 Å². The first-order valence-corrected chi connectivity index (χ1v) is 6.88. The molecule has 1 aliphatic heterocycles. The van der Waals surface area contributed by atoms with Crippen LogP contribution in [-0.2, 0) is 9.47 Å². The SMILES string of the molecule is CC(C)N1CCOC(COC2CCC(N)C2)C1. The Kier molecular flexibility index (Phi) is 4.79. The van der Waals surface area contributed by atoms with Crippen molar-refractivity contribution in [1.29, 1.82) is 0 Å². The monoisotopic (exact) mass is 242 g/mol. The molecular weight excluding hydrogens is 216 g/mol. The fourth-order valence-electron chi connectivity index (χ4n) is 2.68. The Labute approximate surface area is 104 Å². The van der Waals surface area contributed by atoms with Gasteiger partial charge in [0.25, 0.3) is 0 Å². The minimum absolute atomic E-state index is 0.239. The van der Waals surface area contributed by atoms with Crippen molar-refractivity contribution in [3.05, 3.63) is 0 Å². The van der Waals surface area contributed by atoms with Crippen LogP contribution >= 0.6 is 0 Å². The lowest BCUT2D eigenvalue weighted by atomic mass is 10.2. The lowest BCUT2D eigenvalue weighted by molar-refractivity contribution is -0.0895. The molecule has 1 aliphatic carbocycles. The van der Waals surface area contributed by atoms with E-state index in [2.05, 4.69) is 18.7 Å². The van der Waals surface area contributed by atoms with Gasteiger partial charge in [0, 0.05) is 25.2 Å². The maximum atomic E-state index is 5.91. The molecule has 0 aromatic carbocycles. The van der Waals surface area contributed by atoms with Crippen molar-refractivity contribution in [2.45, 2.75) is 57.4 Å².